The van der Waals surface area contributed by atoms with Gasteiger partial charge in [-0.25, -0.2) is 4.98 Å². The van der Waals surface area contributed by atoms with Crippen molar-refractivity contribution < 1.29 is 9.32 Å². The van der Waals surface area contributed by atoms with Crippen LogP contribution in [0.1, 0.15) is 16.1 Å². The van der Waals surface area contributed by atoms with E-state index < -0.39 is 0 Å². The molecule has 0 unspecified atom stereocenters. The number of hydrogen-bond acceptors (Lipinski definition) is 5. The molecule has 94 valence electrons. The third kappa shape index (κ3) is 2.78. The quantitative estimate of drug-likeness (QED) is 0.880. The van der Waals surface area contributed by atoms with E-state index in [2.05, 4.69) is 20.8 Å². The van der Waals surface area contributed by atoms with E-state index in [4.69, 9.17) is 16.1 Å². The second kappa shape index (κ2) is 5.50. The number of amides is 1. The predicted octanol–water partition coefficient (Wildman–Crippen LogP) is 1.69. The largest absolute Gasteiger partial charge is 0.373 e. The fourth-order valence-electron chi connectivity index (χ4n) is 1.35. The highest BCUT2D eigenvalue weighted by Gasteiger charge is 2.12. The summed E-state index contributed by atoms with van der Waals surface area (Å²) in [5.41, 5.74) is 0.357. The third-order valence-electron chi connectivity index (χ3n) is 2.27. The van der Waals surface area contributed by atoms with Crippen molar-refractivity contribution in [3.63, 3.8) is 0 Å². The van der Waals surface area contributed by atoms with Crippen molar-refractivity contribution in [2.75, 3.05) is 12.4 Å². The monoisotopic (exact) mass is 266 g/mol. The van der Waals surface area contributed by atoms with Crippen molar-refractivity contribution in [2.45, 2.75) is 6.54 Å². The van der Waals surface area contributed by atoms with Crippen molar-refractivity contribution in [3.8, 4) is 0 Å². The maximum atomic E-state index is 11.9. The van der Waals surface area contributed by atoms with Crippen LogP contribution in [0, 0.1) is 0 Å². The first-order chi connectivity index (χ1) is 8.70. The summed E-state index contributed by atoms with van der Waals surface area (Å²) in [6, 6.07) is 3.26. The van der Waals surface area contributed by atoms with Crippen LogP contribution < -0.4 is 10.6 Å². The van der Waals surface area contributed by atoms with E-state index in [1.807, 2.05) is 0 Å². The van der Waals surface area contributed by atoms with Crippen LogP contribution in [-0.4, -0.2) is 23.1 Å². The molecule has 2 N–H and O–H groups in total. The van der Waals surface area contributed by atoms with Gasteiger partial charge in [-0.1, -0.05) is 16.8 Å². The van der Waals surface area contributed by atoms with Crippen molar-refractivity contribution in [1.29, 1.82) is 0 Å². The number of halogens is 1. The van der Waals surface area contributed by atoms with Gasteiger partial charge in [-0.05, 0) is 6.07 Å². The molecule has 0 spiro atoms. The summed E-state index contributed by atoms with van der Waals surface area (Å²) < 4.78 is 4.87. The summed E-state index contributed by atoms with van der Waals surface area (Å²) in [5.74, 6) is 0.849. The molecule has 0 aliphatic heterocycles. The van der Waals surface area contributed by atoms with E-state index in [0.29, 0.717) is 22.2 Å². The topological polar surface area (TPSA) is 80.0 Å². The Morgan fingerprint density at radius 3 is 3.06 bits per heavy atom. The first-order valence-corrected chi connectivity index (χ1v) is 5.59. The molecule has 2 rings (SSSR count). The van der Waals surface area contributed by atoms with E-state index >= 15 is 0 Å². The molecule has 0 aliphatic carbocycles. The molecule has 0 radical (unpaired) electrons. The lowest BCUT2D eigenvalue weighted by atomic mass is 10.2. The highest BCUT2D eigenvalue weighted by molar-refractivity contribution is 6.33. The normalized spacial score (nSPS) is 10.1. The Morgan fingerprint density at radius 1 is 1.56 bits per heavy atom. The zero-order valence-electron chi connectivity index (χ0n) is 9.61. The molecule has 6 nitrogen and oxygen atoms in total. The molecule has 1 amide bonds. The molecular weight excluding hydrogens is 256 g/mol. The van der Waals surface area contributed by atoms with Gasteiger partial charge in [0.25, 0.3) is 5.91 Å². The summed E-state index contributed by atoms with van der Waals surface area (Å²) in [4.78, 5) is 15.9. The predicted molar refractivity (Wildman–Crippen MR) is 66.5 cm³/mol. The van der Waals surface area contributed by atoms with Gasteiger partial charge in [0.1, 0.15) is 5.82 Å². The Labute approximate surface area is 108 Å². The molecule has 0 atom stereocenters. The lowest BCUT2D eigenvalue weighted by Crippen LogP contribution is -2.23. The smallest absolute Gasteiger partial charge is 0.253 e. The van der Waals surface area contributed by atoms with Crippen molar-refractivity contribution in [3.05, 3.63) is 40.9 Å². The van der Waals surface area contributed by atoms with Gasteiger partial charge in [-0.15, -0.1) is 0 Å². The molecule has 0 saturated carbocycles. The highest BCUT2D eigenvalue weighted by atomic mass is 35.5. The fraction of sp³-hybridized carbons (Fsp3) is 0.182. The van der Waals surface area contributed by atoms with Crippen molar-refractivity contribution >= 4 is 23.3 Å². The van der Waals surface area contributed by atoms with Gasteiger partial charge in [0.2, 0.25) is 0 Å². The second-order valence-electron chi connectivity index (χ2n) is 3.46. The average molecular weight is 267 g/mol. The van der Waals surface area contributed by atoms with Crippen LogP contribution in [0.3, 0.4) is 0 Å². The molecule has 2 aromatic rings. The SMILES string of the molecule is CNc1cc(C(=O)NCc2ccno2)c(Cl)cn1. The van der Waals surface area contributed by atoms with Crippen molar-refractivity contribution in [2.24, 2.45) is 0 Å². The van der Waals surface area contributed by atoms with Gasteiger partial charge in [-0.2, -0.15) is 0 Å². The molecule has 0 aromatic carbocycles. The van der Waals surface area contributed by atoms with Gasteiger partial charge < -0.3 is 15.2 Å². The average Bonchev–Trinajstić information content (AvgIpc) is 2.89. The van der Waals surface area contributed by atoms with Gasteiger partial charge in [-0.3, -0.25) is 4.79 Å². The van der Waals surface area contributed by atoms with Gasteiger partial charge in [0.05, 0.1) is 23.3 Å². The number of nitrogens with zero attached hydrogens (tertiary/aromatic N) is 2. The van der Waals surface area contributed by atoms with Gasteiger partial charge >= 0.3 is 0 Å². The van der Waals surface area contributed by atoms with Crippen LogP contribution in [0.4, 0.5) is 5.82 Å². The van der Waals surface area contributed by atoms with Crippen LogP contribution in [0.25, 0.3) is 0 Å². The molecule has 0 bridgehead atoms. The fourth-order valence-corrected chi connectivity index (χ4v) is 1.53. The maximum absolute atomic E-state index is 11.9. The van der Waals surface area contributed by atoms with Crippen LogP contribution >= 0.6 is 11.6 Å². The Kier molecular flexibility index (Phi) is 3.78. The summed E-state index contributed by atoms with van der Waals surface area (Å²) in [6.45, 7) is 0.256. The summed E-state index contributed by atoms with van der Waals surface area (Å²) in [5, 5.41) is 9.36. The Bertz CT molecular complexity index is 542. The molecule has 0 aliphatic rings. The number of carbonyl (C=O) groups excluding carboxylic acids is 1. The molecule has 2 aromatic heterocycles. The number of carbonyl (C=O) groups is 1. The molecular formula is C11H11ClN4O2. The molecule has 0 saturated heterocycles. The standard InChI is InChI=1S/C11H11ClN4O2/c1-13-10-4-8(9(12)6-14-10)11(17)15-5-7-2-3-16-18-7/h2-4,6H,5H2,1H3,(H,13,14)(H,15,17). The van der Waals surface area contributed by atoms with Crippen LogP contribution in [0.15, 0.2) is 29.0 Å². The number of nitrogens with one attached hydrogen (secondary N) is 2. The van der Waals surface area contributed by atoms with Crippen molar-refractivity contribution in [1.82, 2.24) is 15.5 Å². The first kappa shape index (κ1) is 12.4. The van der Waals surface area contributed by atoms with E-state index in [9.17, 15) is 4.79 Å². The number of rotatable bonds is 4. The van der Waals surface area contributed by atoms with Gasteiger partial charge in [0, 0.05) is 19.3 Å². The Hall–Kier alpha value is -2.08. The van der Waals surface area contributed by atoms with Crippen LogP contribution in [-0.2, 0) is 6.54 Å². The minimum atomic E-state index is -0.296. The molecule has 7 heteroatoms. The minimum Gasteiger partial charge on any atom is -0.373 e. The number of hydrogen-bond donors (Lipinski definition) is 2. The highest BCUT2D eigenvalue weighted by Crippen LogP contribution is 2.17. The summed E-state index contributed by atoms with van der Waals surface area (Å²) in [6.07, 6.45) is 2.94. The van der Waals surface area contributed by atoms with E-state index in [0.717, 1.165) is 0 Å². The lowest BCUT2D eigenvalue weighted by molar-refractivity contribution is 0.0947. The Balaban J connectivity index is 2.08. The molecule has 18 heavy (non-hydrogen) atoms. The van der Waals surface area contributed by atoms with E-state index in [1.165, 1.54) is 12.4 Å². The van der Waals surface area contributed by atoms with Crippen LogP contribution in [0.2, 0.25) is 5.02 Å². The number of pyridine rings is 1. The first-order valence-electron chi connectivity index (χ1n) is 5.21. The van der Waals surface area contributed by atoms with Gasteiger partial charge in [0.15, 0.2) is 5.76 Å². The maximum Gasteiger partial charge on any atom is 0.253 e. The molecule has 0 fully saturated rings. The zero-order valence-corrected chi connectivity index (χ0v) is 10.4. The Morgan fingerprint density at radius 2 is 2.39 bits per heavy atom. The minimum absolute atomic E-state index is 0.256. The third-order valence-corrected chi connectivity index (χ3v) is 2.57. The van der Waals surface area contributed by atoms with E-state index in [-0.39, 0.29) is 12.5 Å². The summed E-state index contributed by atoms with van der Waals surface area (Å²) in [7, 11) is 1.71. The van der Waals surface area contributed by atoms with E-state index in [1.54, 1.807) is 19.2 Å². The number of anilines is 1. The summed E-state index contributed by atoms with van der Waals surface area (Å²) >= 11 is 5.92. The number of aromatic nitrogens is 2. The lowest BCUT2D eigenvalue weighted by Gasteiger charge is -2.06. The zero-order chi connectivity index (χ0) is 13.0. The molecule has 2 heterocycles. The van der Waals surface area contributed by atoms with Crippen LogP contribution in [0.5, 0.6) is 0 Å². The second-order valence-corrected chi connectivity index (χ2v) is 3.87.